The van der Waals surface area contributed by atoms with Gasteiger partial charge in [0.15, 0.2) is 5.65 Å². The molecule has 2 amide bonds. The lowest BCUT2D eigenvalue weighted by molar-refractivity contribution is -0.123. The number of pyridine rings is 1. The molecule has 0 radical (unpaired) electrons. The molecule has 160 valence electrons. The van der Waals surface area contributed by atoms with E-state index >= 15 is 0 Å². The molecule has 10 heteroatoms. The van der Waals surface area contributed by atoms with Crippen LogP contribution in [-0.2, 0) is 4.79 Å². The van der Waals surface area contributed by atoms with Gasteiger partial charge >= 0.3 is 0 Å². The molecule has 2 aliphatic heterocycles. The number of hydrogen-bond donors (Lipinski definition) is 2. The normalized spacial score (nSPS) is 21.3. The molecular weight excluding hydrogens is 415 g/mol. The minimum atomic E-state index is -0.0508. The SMILES string of the molecule is Cc1nnc2ccc(C(=O)N3CCCC(CNC(=O)C4CCCN4)C3)cn12.Cl.Cl. The molecule has 0 aromatic carbocycles. The number of fused-ring (bicyclic) bond motifs is 1. The fourth-order valence-electron chi connectivity index (χ4n) is 4.01. The van der Waals surface area contributed by atoms with Gasteiger partial charge in [0.1, 0.15) is 5.82 Å². The molecule has 0 spiro atoms. The number of nitrogens with zero attached hydrogens (tertiary/aromatic N) is 4. The van der Waals surface area contributed by atoms with Crippen LogP contribution in [0.2, 0.25) is 0 Å². The van der Waals surface area contributed by atoms with Crippen LogP contribution in [0.4, 0.5) is 0 Å². The summed E-state index contributed by atoms with van der Waals surface area (Å²) in [6.45, 7) is 4.85. The van der Waals surface area contributed by atoms with Crippen LogP contribution in [0.5, 0.6) is 0 Å². The van der Waals surface area contributed by atoms with Crippen LogP contribution < -0.4 is 10.6 Å². The first kappa shape index (κ1) is 23.4. The van der Waals surface area contributed by atoms with Crippen LogP contribution in [0.15, 0.2) is 18.3 Å². The molecule has 2 atom stereocenters. The maximum Gasteiger partial charge on any atom is 0.255 e. The highest BCUT2D eigenvalue weighted by Gasteiger charge is 2.27. The average Bonchev–Trinajstić information content (AvgIpc) is 3.36. The van der Waals surface area contributed by atoms with Gasteiger partial charge in [-0.05, 0) is 57.2 Å². The maximum atomic E-state index is 12.9. The number of rotatable bonds is 4. The van der Waals surface area contributed by atoms with Crippen molar-refractivity contribution in [2.45, 2.75) is 38.6 Å². The van der Waals surface area contributed by atoms with Gasteiger partial charge < -0.3 is 15.5 Å². The molecular formula is C19H28Cl2N6O2. The summed E-state index contributed by atoms with van der Waals surface area (Å²) in [6.07, 6.45) is 5.77. The van der Waals surface area contributed by atoms with E-state index in [9.17, 15) is 9.59 Å². The summed E-state index contributed by atoms with van der Waals surface area (Å²) >= 11 is 0. The van der Waals surface area contributed by atoms with Crippen molar-refractivity contribution in [2.75, 3.05) is 26.2 Å². The van der Waals surface area contributed by atoms with Gasteiger partial charge in [0, 0.05) is 25.8 Å². The van der Waals surface area contributed by atoms with E-state index in [0.717, 1.165) is 50.2 Å². The van der Waals surface area contributed by atoms with Crippen molar-refractivity contribution in [1.29, 1.82) is 0 Å². The lowest BCUT2D eigenvalue weighted by atomic mass is 9.97. The second kappa shape index (κ2) is 10.2. The number of carbonyl (C=O) groups is 2. The van der Waals surface area contributed by atoms with Crippen LogP contribution >= 0.6 is 24.8 Å². The highest BCUT2D eigenvalue weighted by Crippen LogP contribution is 2.19. The third-order valence-corrected chi connectivity index (χ3v) is 5.57. The van der Waals surface area contributed by atoms with Crippen molar-refractivity contribution >= 4 is 42.3 Å². The van der Waals surface area contributed by atoms with Crippen LogP contribution in [-0.4, -0.2) is 63.5 Å². The number of amides is 2. The Morgan fingerprint density at radius 3 is 2.79 bits per heavy atom. The zero-order chi connectivity index (χ0) is 18.8. The highest BCUT2D eigenvalue weighted by molar-refractivity contribution is 5.94. The van der Waals surface area contributed by atoms with Crippen molar-refractivity contribution in [1.82, 2.24) is 30.1 Å². The Kier molecular flexibility index (Phi) is 8.24. The molecule has 8 nitrogen and oxygen atoms in total. The number of hydrogen-bond acceptors (Lipinski definition) is 5. The number of piperidine rings is 1. The largest absolute Gasteiger partial charge is 0.354 e. The quantitative estimate of drug-likeness (QED) is 0.749. The third kappa shape index (κ3) is 5.18. The summed E-state index contributed by atoms with van der Waals surface area (Å²) in [6, 6.07) is 3.58. The number of likely N-dealkylation sites (tertiary alicyclic amines) is 1. The van der Waals surface area contributed by atoms with Gasteiger partial charge in [-0.1, -0.05) is 0 Å². The van der Waals surface area contributed by atoms with Gasteiger partial charge in [-0.25, -0.2) is 0 Å². The second-order valence-electron chi connectivity index (χ2n) is 7.55. The number of aryl methyl sites for hydroxylation is 1. The molecule has 2 N–H and O–H groups in total. The predicted molar refractivity (Wildman–Crippen MR) is 115 cm³/mol. The zero-order valence-electron chi connectivity index (χ0n) is 16.5. The van der Waals surface area contributed by atoms with E-state index in [1.54, 1.807) is 0 Å². The summed E-state index contributed by atoms with van der Waals surface area (Å²) in [5.41, 5.74) is 1.38. The minimum absolute atomic E-state index is 0. The second-order valence-corrected chi connectivity index (χ2v) is 7.55. The van der Waals surface area contributed by atoms with E-state index in [4.69, 9.17) is 0 Å². The van der Waals surface area contributed by atoms with E-state index in [-0.39, 0.29) is 42.7 Å². The Hall–Kier alpha value is -1.90. The third-order valence-electron chi connectivity index (χ3n) is 5.57. The first-order valence-corrected chi connectivity index (χ1v) is 9.73. The molecule has 2 aromatic rings. The number of aromatic nitrogens is 3. The van der Waals surface area contributed by atoms with Crippen molar-refractivity contribution in [3.63, 3.8) is 0 Å². The van der Waals surface area contributed by atoms with Crippen molar-refractivity contribution in [3.05, 3.63) is 29.7 Å². The molecule has 2 aliphatic rings. The van der Waals surface area contributed by atoms with Crippen LogP contribution in [0.1, 0.15) is 41.9 Å². The molecule has 2 saturated heterocycles. The Morgan fingerprint density at radius 1 is 1.21 bits per heavy atom. The molecule has 2 unspecified atom stereocenters. The van der Waals surface area contributed by atoms with Gasteiger partial charge in [-0.3, -0.25) is 14.0 Å². The van der Waals surface area contributed by atoms with Crippen molar-refractivity contribution in [2.24, 2.45) is 5.92 Å². The fourth-order valence-corrected chi connectivity index (χ4v) is 4.01. The number of halogens is 2. The van der Waals surface area contributed by atoms with Crippen molar-refractivity contribution < 1.29 is 9.59 Å². The van der Waals surface area contributed by atoms with Gasteiger partial charge in [0.25, 0.3) is 5.91 Å². The molecule has 29 heavy (non-hydrogen) atoms. The minimum Gasteiger partial charge on any atom is -0.354 e. The molecule has 0 bridgehead atoms. The number of carbonyl (C=O) groups excluding carboxylic acids is 2. The molecule has 4 rings (SSSR count). The van der Waals surface area contributed by atoms with Gasteiger partial charge in [0.05, 0.1) is 11.6 Å². The van der Waals surface area contributed by atoms with E-state index in [0.29, 0.717) is 24.6 Å². The smallest absolute Gasteiger partial charge is 0.255 e. The van der Waals surface area contributed by atoms with E-state index in [1.807, 2.05) is 34.6 Å². The number of nitrogens with one attached hydrogen (secondary N) is 2. The van der Waals surface area contributed by atoms with Crippen LogP contribution in [0.25, 0.3) is 5.65 Å². The van der Waals surface area contributed by atoms with Crippen LogP contribution in [0, 0.1) is 12.8 Å². The van der Waals surface area contributed by atoms with Gasteiger partial charge in [-0.2, -0.15) is 0 Å². The molecule has 2 aromatic heterocycles. The standard InChI is InChI=1S/C19H26N6O2.2ClH/c1-13-22-23-17-7-6-15(12-25(13)17)19(27)24-9-3-4-14(11-24)10-21-18(26)16-5-2-8-20-16;;/h6-7,12,14,16,20H,2-5,8-11H2,1H3,(H,21,26);2*1H. The first-order valence-electron chi connectivity index (χ1n) is 9.73. The monoisotopic (exact) mass is 442 g/mol. The molecule has 4 heterocycles. The highest BCUT2D eigenvalue weighted by atomic mass is 35.5. The van der Waals surface area contributed by atoms with E-state index in [1.165, 1.54) is 0 Å². The van der Waals surface area contributed by atoms with Crippen molar-refractivity contribution in [3.8, 4) is 0 Å². The lowest BCUT2D eigenvalue weighted by Gasteiger charge is -2.33. The maximum absolute atomic E-state index is 12.9. The van der Waals surface area contributed by atoms with Gasteiger partial charge in [0.2, 0.25) is 5.91 Å². The molecule has 0 aliphatic carbocycles. The Balaban J connectivity index is 0.00000150. The van der Waals surface area contributed by atoms with Crippen LogP contribution in [0.3, 0.4) is 0 Å². The fraction of sp³-hybridized carbons (Fsp3) is 0.579. The van der Waals surface area contributed by atoms with E-state index in [2.05, 4.69) is 20.8 Å². The summed E-state index contributed by atoms with van der Waals surface area (Å²) < 4.78 is 1.84. The summed E-state index contributed by atoms with van der Waals surface area (Å²) in [5, 5.41) is 14.4. The topological polar surface area (TPSA) is 91.6 Å². The average molecular weight is 443 g/mol. The molecule has 2 fully saturated rings. The Labute approximate surface area is 182 Å². The Morgan fingerprint density at radius 2 is 2.03 bits per heavy atom. The Bertz CT molecular complexity index is 852. The summed E-state index contributed by atoms with van der Waals surface area (Å²) in [7, 11) is 0. The lowest BCUT2D eigenvalue weighted by Crippen LogP contribution is -2.46. The van der Waals surface area contributed by atoms with E-state index < -0.39 is 0 Å². The summed E-state index contributed by atoms with van der Waals surface area (Å²) in [5.74, 6) is 1.18. The predicted octanol–water partition coefficient (Wildman–Crippen LogP) is 1.60. The first-order chi connectivity index (χ1) is 13.1. The van der Waals surface area contributed by atoms with Gasteiger partial charge in [-0.15, -0.1) is 35.0 Å². The zero-order valence-corrected chi connectivity index (χ0v) is 18.1. The summed E-state index contributed by atoms with van der Waals surface area (Å²) in [4.78, 5) is 27.0. The molecule has 0 saturated carbocycles.